The second-order valence-corrected chi connectivity index (χ2v) is 6.25. The predicted octanol–water partition coefficient (Wildman–Crippen LogP) is 2.71. The summed E-state index contributed by atoms with van der Waals surface area (Å²) in [4.78, 5) is 8.78. The van der Waals surface area contributed by atoms with Gasteiger partial charge in [-0.15, -0.1) is 0 Å². The van der Waals surface area contributed by atoms with Crippen molar-refractivity contribution >= 4 is 11.6 Å². The summed E-state index contributed by atoms with van der Waals surface area (Å²) in [6.45, 7) is 3.34. The molecule has 8 heteroatoms. The third-order valence-corrected chi connectivity index (χ3v) is 4.17. The molecule has 28 heavy (non-hydrogen) atoms. The number of rotatable bonds is 7. The lowest BCUT2D eigenvalue weighted by atomic mass is 10.3. The van der Waals surface area contributed by atoms with Crippen LogP contribution in [0.15, 0.2) is 47.7 Å². The fourth-order valence-corrected chi connectivity index (χ4v) is 2.78. The van der Waals surface area contributed by atoms with E-state index < -0.39 is 11.6 Å². The monoisotopic (exact) mass is 387 g/mol. The van der Waals surface area contributed by atoms with Crippen LogP contribution in [0.3, 0.4) is 0 Å². The van der Waals surface area contributed by atoms with Gasteiger partial charge in [0.25, 0.3) is 0 Å². The van der Waals surface area contributed by atoms with Crippen molar-refractivity contribution in [3.63, 3.8) is 0 Å². The smallest absolute Gasteiger partial charge is 0.191 e. The Labute approximate surface area is 162 Å². The van der Waals surface area contributed by atoms with Gasteiger partial charge in [-0.1, -0.05) is 6.07 Å². The fourth-order valence-electron chi connectivity index (χ4n) is 2.78. The zero-order valence-corrected chi connectivity index (χ0v) is 15.9. The summed E-state index contributed by atoms with van der Waals surface area (Å²) in [5.74, 6) is -0.713. The minimum absolute atomic E-state index is 0.0216. The molecule has 2 aromatic heterocycles. The standard InChI is InChI=1S/C20H23F2N5O/c1-14-4-3-10-27-13-16(26-19(14)27)7-8-24-20(23-2)25-9-11-28-18-6-5-15(21)12-17(18)22/h3-6,10,12-13H,7-9,11H2,1-2H3,(H2,23,24,25). The average molecular weight is 387 g/mol. The number of hydrogen-bond donors (Lipinski definition) is 2. The number of halogens is 2. The van der Waals surface area contributed by atoms with Gasteiger partial charge in [0.1, 0.15) is 18.1 Å². The molecule has 0 saturated carbocycles. The first kappa shape index (κ1) is 19.6. The Hall–Kier alpha value is -3.16. The number of nitrogens with one attached hydrogen (secondary N) is 2. The molecule has 0 atom stereocenters. The molecule has 0 spiro atoms. The number of aryl methyl sites for hydroxylation is 1. The van der Waals surface area contributed by atoms with Crippen LogP contribution in [0.2, 0.25) is 0 Å². The van der Waals surface area contributed by atoms with E-state index in [2.05, 4.69) is 20.6 Å². The Balaban J connectivity index is 1.41. The molecular formula is C20H23F2N5O. The van der Waals surface area contributed by atoms with Gasteiger partial charge in [0, 0.05) is 38.5 Å². The first-order chi connectivity index (χ1) is 13.6. The van der Waals surface area contributed by atoms with Crippen LogP contribution in [-0.4, -0.2) is 42.1 Å². The van der Waals surface area contributed by atoms with Crippen molar-refractivity contribution in [3.05, 3.63) is 65.6 Å². The van der Waals surface area contributed by atoms with E-state index in [1.807, 2.05) is 35.9 Å². The molecule has 0 unspecified atom stereocenters. The highest BCUT2D eigenvalue weighted by Gasteiger charge is 2.06. The van der Waals surface area contributed by atoms with E-state index in [9.17, 15) is 8.78 Å². The lowest BCUT2D eigenvalue weighted by molar-refractivity contribution is 0.304. The molecule has 0 aliphatic carbocycles. The van der Waals surface area contributed by atoms with E-state index in [0.717, 1.165) is 35.5 Å². The van der Waals surface area contributed by atoms with Crippen LogP contribution in [0.5, 0.6) is 5.75 Å². The number of ether oxygens (including phenoxy) is 1. The molecule has 3 rings (SSSR count). The van der Waals surface area contributed by atoms with Crippen LogP contribution in [0.1, 0.15) is 11.3 Å². The number of aromatic nitrogens is 2. The Bertz CT molecular complexity index is 970. The molecule has 0 fully saturated rings. The SMILES string of the molecule is CN=C(NCCOc1ccc(F)cc1F)NCCc1cn2cccc(C)c2n1. The molecule has 3 aromatic rings. The molecule has 0 saturated heterocycles. The van der Waals surface area contributed by atoms with Gasteiger partial charge in [-0.3, -0.25) is 4.99 Å². The van der Waals surface area contributed by atoms with Crippen molar-refractivity contribution in [2.24, 2.45) is 4.99 Å². The van der Waals surface area contributed by atoms with E-state index in [-0.39, 0.29) is 12.4 Å². The lowest BCUT2D eigenvalue weighted by Crippen LogP contribution is -2.40. The van der Waals surface area contributed by atoms with Crippen molar-refractivity contribution in [3.8, 4) is 5.75 Å². The molecule has 0 aliphatic rings. The van der Waals surface area contributed by atoms with Crippen LogP contribution >= 0.6 is 0 Å². The molecule has 0 aliphatic heterocycles. The number of guanidine groups is 1. The third-order valence-electron chi connectivity index (χ3n) is 4.17. The van der Waals surface area contributed by atoms with Gasteiger partial charge in [0.05, 0.1) is 12.2 Å². The van der Waals surface area contributed by atoms with E-state index in [0.29, 0.717) is 19.0 Å². The molecule has 0 bridgehead atoms. The van der Waals surface area contributed by atoms with Gasteiger partial charge in [-0.2, -0.15) is 0 Å². The van der Waals surface area contributed by atoms with Gasteiger partial charge >= 0.3 is 0 Å². The molecule has 0 radical (unpaired) electrons. The van der Waals surface area contributed by atoms with E-state index in [1.54, 1.807) is 7.05 Å². The number of fused-ring (bicyclic) bond motifs is 1. The summed E-state index contributed by atoms with van der Waals surface area (Å²) in [6.07, 6.45) is 4.75. The molecule has 148 valence electrons. The lowest BCUT2D eigenvalue weighted by Gasteiger charge is -2.12. The van der Waals surface area contributed by atoms with Crippen LogP contribution in [0.4, 0.5) is 8.78 Å². The highest BCUT2D eigenvalue weighted by Crippen LogP contribution is 2.17. The Morgan fingerprint density at radius 3 is 2.79 bits per heavy atom. The van der Waals surface area contributed by atoms with Crippen LogP contribution in [0, 0.1) is 18.6 Å². The summed E-state index contributed by atoms with van der Waals surface area (Å²) in [6, 6.07) is 7.26. The maximum absolute atomic E-state index is 13.5. The number of imidazole rings is 1. The summed E-state index contributed by atoms with van der Waals surface area (Å²) in [7, 11) is 1.67. The summed E-state index contributed by atoms with van der Waals surface area (Å²) >= 11 is 0. The number of aliphatic imine (C=N–C) groups is 1. The van der Waals surface area contributed by atoms with Crippen molar-refractivity contribution in [1.29, 1.82) is 0 Å². The normalized spacial score (nSPS) is 11.6. The summed E-state index contributed by atoms with van der Waals surface area (Å²) in [5, 5.41) is 6.29. The van der Waals surface area contributed by atoms with Gasteiger partial charge in [0.15, 0.2) is 17.5 Å². The van der Waals surface area contributed by atoms with Crippen LogP contribution in [-0.2, 0) is 6.42 Å². The average Bonchev–Trinajstić information content (AvgIpc) is 3.09. The minimum atomic E-state index is -0.717. The number of nitrogens with zero attached hydrogens (tertiary/aromatic N) is 3. The Kier molecular flexibility index (Phi) is 6.41. The van der Waals surface area contributed by atoms with Gasteiger partial charge < -0.3 is 19.8 Å². The first-order valence-electron chi connectivity index (χ1n) is 9.02. The number of hydrogen-bond acceptors (Lipinski definition) is 3. The fraction of sp³-hybridized carbons (Fsp3) is 0.300. The second kappa shape index (κ2) is 9.16. The highest BCUT2D eigenvalue weighted by atomic mass is 19.1. The number of benzene rings is 1. The Morgan fingerprint density at radius 2 is 2.04 bits per heavy atom. The predicted molar refractivity (Wildman–Crippen MR) is 105 cm³/mol. The van der Waals surface area contributed by atoms with Crippen LogP contribution < -0.4 is 15.4 Å². The van der Waals surface area contributed by atoms with Crippen molar-refractivity contribution in [2.45, 2.75) is 13.3 Å². The van der Waals surface area contributed by atoms with Crippen molar-refractivity contribution in [2.75, 3.05) is 26.7 Å². The molecule has 2 N–H and O–H groups in total. The molecule has 2 heterocycles. The quantitative estimate of drug-likeness (QED) is 0.372. The largest absolute Gasteiger partial charge is 0.489 e. The van der Waals surface area contributed by atoms with E-state index >= 15 is 0 Å². The first-order valence-corrected chi connectivity index (χ1v) is 9.02. The minimum Gasteiger partial charge on any atom is -0.489 e. The maximum Gasteiger partial charge on any atom is 0.191 e. The molecule has 0 amide bonds. The van der Waals surface area contributed by atoms with Gasteiger partial charge in [-0.25, -0.2) is 13.8 Å². The van der Waals surface area contributed by atoms with Gasteiger partial charge in [-0.05, 0) is 30.7 Å². The Morgan fingerprint density at radius 1 is 1.21 bits per heavy atom. The molecule has 6 nitrogen and oxygen atoms in total. The van der Waals surface area contributed by atoms with E-state index in [1.165, 1.54) is 6.07 Å². The van der Waals surface area contributed by atoms with Crippen molar-refractivity contribution < 1.29 is 13.5 Å². The molecular weight excluding hydrogens is 364 g/mol. The molecule has 1 aromatic carbocycles. The summed E-state index contributed by atoms with van der Waals surface area (Å²) in [5.41, 5.74) is 3.09. The maximum atomic E-state index is 13.5. The number of pyridine rings is 1. The highest BCUT2D eigenvalue weighted by molar-refractivity contribution is 5.79. The van der Waals surface area contributed by atoms with E-state index in [4.69, 9.17) is 4.74 Å². The summed E-state index contributed by atoms with van der Waals surface area (Å²) < 4.78 is 33.7. The topological polar surface area (TPSA) is 63.0 Å². The van der Waals surface area contributed by atoms with Gasteiger partial charge in [0.2, 0.25) is 0 Å². The van der Waals surface area contributed by atoms with Crippen molar-refractivity contribution in [1.82, 2.24) is 20.0 Å². The van der Waals surface area contributed by atoms with Crippen LogP contribution in [0.25, 0.3) is 5.65 Å². The zero-order chi connectivity index (χ0) is 19.9. The third kappa shape index (κ3) is 4.97. The second-order valence-electron chi connectivity index (χ2n) is 6.25. The zero-order valence-electron chi connectivity index (χ0n) is 15.9.